The predicted molar refractivity (Wildman–Crippen MR) is 66.7 cm³/mol. The van der Waals surface area contributed by atoms with Crippen molar-refractivity contribution in [3.05, 3.63) is 10.7 Å². The first-order valence-electron chi connectivity index (χ1n) is 4.91. The van der Waals surface area contributed by atoms with Gasteiger partial charge in [0.25, 0.3) is 0 Å². The van der Waals surface area contributed by atoms with E-state index in [1.165, 1.54) is 0 Å². The van der Waals surface area contributed by atoms with Crippen LogP contribution in [0.1, 0.15) is 27.2 Å². The summed E-state index contributed by atoms with van der Waals surface area (Å²) in [5.74, 6) is 1.04. The van der Waals surface area contributed by atoms with Crippen LogP contribution in [0.2, 0.25) is 0 Å². The van der Waals surface area contributed by atoms with Gasteiger partial charge >= 0.3 is 0 Å². The van der Waals surface area contributed by atoms with Crippen LogP contribution in [0.5, 0.6) is 0 Å². The van der Waals surface area contributed by atoms with Gasteiger partial charge in [-0.15, -0.1) is 0 Å². The fraction of sp³-hybridized carbons (Fsp3) is 0.600. The number of aromatic nitrogens is 2. The molecule has 0 spiro atoms. The third kappa shape index (κ3) is 4.97. The smallest absolute Gasteiger partial charge is 0.225 e. The Bertz CT molecular complexity index is 312. The SMILES string of the molecule is CC(C)(C)CCNc1nc(N)cc(Br)n1. The molecule has 0 amide bonds. The van der Waals surface area contributed by atoms with Gasteiger partial charge in [-0.05, 0) is 27.8 Å². The predicted octanol–water partition coefficient (Wildman–Crippen LogP) is 2.67. The molecule has 1 aromatic heterocycles. The van der Waals surface area contributed by atoms with E-state index in [4.69, 9.17) is 5.73 Å². The first-order chi connectivity index (χ1) is 6.87. The Balaban J connectivity index is 2.51. The van der Waals surface area contributed by atoms with Crippen molar-refractivity contribution in [1.82, 2.24) is 9.97 Å². The number of halogens is 1. The van der Waals surface area contributed by atoms with Gasteiger partial charge in [-0.3, -0.25) is 0 Å². The van der Waals surface area contributed by atoms with Crippen LogP contribution in [-0.2, 0) is 0 Å². The van der Waals surface area contributed by atoms with Gasteiger partial charge in [0.15, 0.2) is 0 Å². The van der Waals surface area contributed by atoms with Crippen LogP contribution in [0.4, 0.5) is 11.8 Å². The topological polar surface area (TPSA) is 63.8 Å². The molecular weight excluding hydrogens is 256 g/mol. The maximum absolute atomic E-state index is 5.60. The molecule has 1 heterocycles. The van der Waals surface area contributed by atoms with E-state index < -0.39 is 0 Å². The van der Waals surface area contributed by atoms with Crippen LogP contribution in [0.15, 0.2) is 10.7 Å². The van der Waals surface area contributed by atoms with E-state index in [0.29, 0.717) is 21.8 Å². The molecule has 0 unspecified atom stereocenters. The highest BCUT2D eigenvalue weighted by molar-refractivity contribution is 9.10. The molecule has 1 rings (SSSR count). The fourth-order valence-corrected chi connectivity index (χ4v) is 1.47. The average molecular weight is 273 g/mol. The quantitative estimate of drug-likeness (QED) is 0.831. The first-order valence-corrected chi connectivity index (χ1v) is 5.70. The van der Waals surface area contributed by atoms with Crippen molar-refractivity contribution in [3.63, 3.8) is 0 Å². The lowest BCUT2D eigenvalue weighted by Gasteiger charge is -2.17. The summed E-state index contributed by atoms with van der Waals surface area (Å²) in [6.07, 6.45) is 1.06. The molecule has 4 nitrogen and oxygen atoms in total. The molecule has 0 aliphatic heterocycles. The molecule has 5 heteroatoms. The van der Waals surface area contributed by atoms with Crippen molar-refractivity contribution in [1.29, 1.82) is 0 Å². The van der Waals surface area contributed by atoms with E-state index in [1.54, 1.807) is 6.07 Å². The largest absolute Gasteiger partial charge is 0.383 e. The Morgan fingerprint density at radius 3 is 2.60 bits per heavy atom. The average Bonchev–Trinajstić information content (AvgIpc) is 1.99. The normalized spacial score (nSPS) is 11.5. The van der Waals surface area contributed by atoms with Crippen LogP contribution in [0.3, 0.4) is 0 Å². The van der Waals surface area contributed by atoms with Crippen LogP contribution in [-0.4, -0.2) is 16.5 Å². The van der Waals surface area contributed by atoms with Crippen molar-refractivity contribution < 1.29 is 0 Å². The van der Waals surface area contributed by atoms with E-state index in [0.717, 1.165) is 13.0 Å². The molecule has 0 radical (unpaired) electrons. The second kappa shape index (κ2) is 4.79. The molecule has 1 aromatic rings. The lowest BCUT2D eigenvalue weighted by molar-refractivity contribution is 0.389. The first kappa shape index (κ1) is 12.2. The summed E-state index contributed by atoms with van der Waals surface area (Å²) < 4.78 is 0.702. The number of anilines is 2. The van der Waals surface area contributed by atoms with Gasteiger partial charge in [0.1, 0.15) is 10.4 Å². The minimum absolute atomic E-state index is 0.310. The Morgan fingerprint density at radius 2 is 2.07 bits per heavy atom. The summed E-state index contributed by atoms with van der Waals surface area (Å²) in [5, 5.41) is 3.15. The van der Waals surface area contributed by atoms with Crippen molar-refractivity contribution in [2.75, 3.05) is 17.6 Å². The summed E-state index contributed by atoms with van der Waals surface area (Å²) in [6, 6.07) is 1.68. The summed E-state index contributed by atoms with van der Waals surface area (Å²) in [6.45, 7) is 7.44. The van der Waals surface area contributed by atoms with E-state index in [2.05, 4.69) is 52.0 Å². The second-order valence-corrected chi connectivity index (χ2v) is 5.49. The summed E-state index contributed by atoms with van der Waals surface area (Å²) in [4.78, 5) is 8.25. The van der Waals surface area contributed by atoms with Crippen molar-refractivity contribution in [3.8, 4) is 0 Å². The zero-order chi connectivity index (χ0) is 11.5. The Kier molecular flexibility index (Phi) is 3.90. The molecule has 3 N–H and O–H groups in total. The van der Waals surface area contributed by atoms with Crippen molar-refractivity contribution >= 4 is 27.7 Å². The highest BCUT2D eigenvalue weighted by Crippen LogP contribution is 2.18. The highest BCUT2D eigenvalue weighted by atomic mass is 79.9. The third-order valence-corrected chi connectivity index (χ3v) is 2.28. The van der Waals surface area contributed by atoms with E-state index in [1.807, 2.05) is 0 Å². The van der Waals surface area contributed by atoms with Gasteiger partial charge in [-0.1, -0.05) is 20.8 Å². The minimum Gasteiger partial charge on any atom is -0.383 e. The highest BCUT2D eigenvalue weighted by Gasteiger charge is 2.09. The summed E-state index contributed by atoms with van der Waals surface area (Å²) in [7, 11) is 0. The van der Waals surface area contributed by atoms with E-state index >= 15 is 0 Å². The van der Waals surface area contributed by atoms with Crippen molar-refractivity contribution in [2.45, 2.75) is 27.2 Å². The minimum atomic E-state index is 0.310. The van der Waals surface area contributed by atoms with Crippen LogP contribution in [0, 0.1) is 5.41 Å². The zero-order valence-electron chi connectivity index (χ0n) is 9.34. The number of rotatable bonds is 3. The number of nitrogen functional groups attached to an aromatic ring is 1. The monoisotopic (exact) mass is 272 g/mol. The van der Waals surface area contributed by atoms with Crippen molar-refractivity contribution in [2.24, 2.45) is 5.41 Å². The second-order valence-electron chi connectivity index (χ2n) is 4.68. The molecule has 0 aliphatic rings. The van der Waals surface area contributed by atoms with Gasteiger partial charge in [0, 0.05) is 12.6 Å². The maximum Gasteiger partial charge on any atom is 0.225 e. The number of nitrogens with one attached hydrogen (secondary N) is 1. The van der Waals surface area contributed by atoms with Gasteiger partial charge in [-0.25, -0.2) is 4.98 Å². The molecule has 0 atom stereocenters. The number of nitrogens with two attached hydrogens (primary N) is 1. The van der Waals surface area contributed by atoms with Gasteiger partial charge < -0.3 is 11.1 Å². The van der Waals surface area contributed by atoms with Gasteiger partial charge in [-0.2, -0.15) is 4.98 Å². The van der Waals surface area contributed by atoms with E-state index in [-0.39, 0.29) is 0 Å². The van der Waals surface area contributed by atoms with Gasteiger partial charge in [0.05, 0.1) is 0 Å². The molecule has 84 valence electrons. The number of nitrogens with zero attached hydrogens (tertiary/aromatic N) is 2. The third-order valence-electron chi connectivity index (χ3n) is 1.87. The van der Waals surface area contributed by atoms with Crippen LogP contribution in [0.25, 0.3) is 0 Å². The molecule has 0 bridgehead atoms. The molecular formula is C10H17BrN4. The summed E-state index contributed by atoms with van der Waals surface area (Å²) in [5.41, 5.74) is 5.91. The standard InChI is InChI=1S/C10H17BrN4/c1-10(2,3)4-5-13-9-14-7(11)6-8(12)15-9/h6H,4-5H2,1-3H3,(H3,12,13,14,15). The lowest BCUT2D eigenvalue weighted by atomic mass is 9.92. The van der Waals surface area contributed by atoms with E-state index in [9.17, 15) is 0 Å². The fourth-order valence-electron chi connectivity index (χ4n) is 1.06. The molecule has 0 saturated carbocycles. The van der Waals surface area contributed by atoms with Crippen LogP contribution >= 0.6 is 15.9 Å². The molecule has 15 heavy (non-hydrogen) atoms. The lowest BCUT2D eigenvalue weighted by Crippen LogP contribution is -2.14. The molecule has 0 aliphatic carbocycles. The Labute approximate surface area is 98.8 Å². The maximum atomic E-state index is 5.60. The molecule has 0 fully saturated rings. The van der Waals surface area contributed by atoms with Crippen LogP contribution < -0.4 is 11.1 Å². The number of hydrogen-bond acceptors (Lipinski definition) is 4. The zero-order valence-corrected chi connectivity index (χ0v) is 10.9. The molecule has 0 aromatic carbocycles. The van der Waals surface area contributed by atoms with Gasteiger partial charge in [0.2, 0.25) is 5.95 Å². The Morgan fingerprint density at radius 1 is 1.40 bits per heavy atom. The number of hydrogen-bond donors (Lipinski definition) is 2. The summed E-state index contributed by atoms with van der Waals surface area (Å²) >= 11 is 3.27. The Hall–Kier alpha value is -0.840. The molecule has 0 saturated heterocycles.